The third-order valence-corrected chi connectivity index (χ3v) is 3.31. The molecule has 0 spiro atoms. The number of amides is 3. The summed E-state index contributed by atoms with van der Waals surface area (Å²) in [5.41, 5.74) is 0.374. The molecular weight excluding hydrogens is 346 g/mol. The maximum absolute atomic E-state index is 12.4. The molecule has 0 fully saturated rings. The minimum absolute atomic E-state index is 0.0424. The van der Waals surface area contributed by atoms with Crippen molar-refractivity contribution in [3.05, 3.63) is 64.9 Å². The second-order valence-electron chi connectivity index (χ2n) is 4.90. The summed E-state index contributed by atoms with van der Waals surface area (Å²) in [7, 11) is 0. The second-order valence-corrected chi connectivity index (χ2v) is 5.34. The smallest absolute Gasteiger partial charge is 0.358 e. The van der Waals surface area contributed by atoms with Gasteiger partial charge in [-0.05, 0) is 19.1 Å². The van der Waals surface area contributed by atoms with Crippen molar-refractivity contribution < 1.29 is 19.1 Å². The largest absolute Gasteiger partial charge is 0.443 e. The first kappa shape index (κ1) is 18.4. The van der Waals surface area contributed by atoms with Crippen molar-refractivity contribution in [2.45, 2.75) is 13.0 Å². The van der Waals surface area contributed by atoms with Crippen LogP contribution in [-0.2, 0) is 9.53 Å². The molecule has 0 saturated heterocycles. The van der Waals surface area contributed by atoms with Gasteiger partial charge in [0.05, 0.1) is 0 Å². The summed E-state index contributed by atoms with van der Waals surface area (Å²) in [6.45, 7) is 2.06. The molecule has 2 N–H and O–H groups in total. The Morgan fingerprint density at radius 3 is 2.56 bits per heavy atom. The predicted molar refractivity (Wildman–Crippen MR) is 91.1 cm³/mol. The van der Waals surface area contributed by atoms with Gasteiger partial charge in [0.15, 0.2) is 0 Å². The third kappa shape index (κ3) is 5.29. The van der Waals surface area contributed by atoms with E-state index in [1.54, 1.807) is 37.3 Å². The first-order valence-corrected chi connectivity index (χ1v) is 7.85. The zero-order valence-corrected chi connectivity index (χ0v) is 14.1. The van der Waals surface area contributed by atoms with Crippen molar-refractivity contribution >= 4 is 29.5 Å². The number of nitrogens with one attached hydrogen (secondary N) is 2. The van der Waals surface area contributed by atoms with E-state index in [0.717, 1.165) is 0 Å². The van der Waals surface area contributed by atoms with E-state index < -0.39 is 24.0 Å². The Hall–Kier alpha value is -2.93. The molecule has 0 aliphatic heterocycles. The lowest BCUT2D eigenvalue weighted by Gasteiger charge is -2.17. The van der Waals surface area contributed by atoms with Gasteiger partial charge in [-0.2, -0.15) is 0 Å². The van der Waals surface area contributed by atoms with Gasteiger partial charge in [-0.25, -0.2) is 14.6 Å². The number of hydrogen-bond donors (Lipinski definition) is 2. The normalized spacial score (nSPS) is 11.3. The number of ether oxygens (including phenoxy) is 1. The van der Waals surface area contributed by atoms with Gasteiger partial charge in [-0.3, -0.25) is 10.1 Å². The number of benzene rings is 1. The van der Waals surface area contributed by atoms with E-state index >= 15 is 0 Å². The van der Waals surface area contributed by atoms with Gasteiger partial charge in [0.25, 0.3) is 5.91 Å². The van der Waals surface area contributed by atoms with Gasteiger partial charge in [0.2, 0.25) is 6.10 Å². The average molecular weight is 362 g/mol. The topological polar surface area (TPSA) is 97.4 Å². The molecule has 130 valence electrons. The zero-order valence-electron chi connectivity index (χ0n) is 13.4. The standard InChI is InChI=1S/C17H16ClN3O4/c1-2-19-17(24)21-15(22)14(11-6-4-3-5-7-11)25-16(23)13-10-12(18)8-9-20-13/h3-10,14H,2H2,1H3,(H2,19,21,22,24)/t14-/m1/s1. The minimum atomic E-state index is -1.31. The predicted octanol–water partition coefficient (Wildman–Crippen LogP) is 2.48. The van der Waals surface area contributed by atoms with Crippen LogP contribution in [0.15, 0.2) is 48.7 Å². The van der Waals surface area contributed by atoms with Gasteiger partial charge < -0.3 is 10.1 Å². The quantitative estimate of drug-likeness (QED) is 0.797. The highest BCUT2D eigenvalue weighted by atomic mass is 35.5. The molecule has 8 heteroatoms. The van der Waals surface area contributed by atoms with E-state index in [9.17, 15) is 14.4 Å². The molecule has 25 heavy (non-hydrogen) atoms. The van der Waals surface area contributed by atoms with Crippen LogP contribution >= 0.6 is 11.6 Å². The third-order valence-electron chi connectivity index (χ3n) is 3.07. The number of urea groups is 1. The highest BCUT2D eigenvalue weighted by Crippen LogP contribution is 2.20. The van der Waals surface area contributed by atoms with E-state index in [2.05, 4.69) is 15.6 Å². The molecule has 0 unspecified atom stereocenters. The lowest BCUT2D eigenvalue weighted by molar-refractivity contribution is -0.129. The maximum Gasteiger partial charge on any atom is 0.358 e. The van der Waals surface area contributed by atoms with Crippen LogP contribution in [0, 0.1) is 0 Å². The van der Waals surface area contributed by atoms with Gasteiger partial charge in [-0.1, -0.05) is 41.9 Å². The van der Waals surface area contributed by atoms with Crippen molar-refractivity contribution in [1.29, 1.82) is 0 Å². The van der Waals surface area contributed by atoms with Crippen LogP contribution in [-0.4, -0.2) is 29.4 Å². The number of pyridine rings is 1. The summed E-state index contributed by atoms with van der Waals surface area (Å²) in [5.74, 6) is -1.60. The molecule has 0 radical (unpaired) electrons. The monoisotopic (exact) mass is 361 g/mol. The molecule has 3 amide bonds. The Morgan fingerprint density at radius 2 is 1.92 bits per heavy atom. The van der Waals surface area contributed by atoms with Gasteiger partial charge in [0, 0.05) is 23.3 Å². The molecule has 1 atom stereocenters. The summed E-state index contributed by atoms with van der Waals surface area (Å²) >= 11 is 5.83. The Labute approximate surface area is 149 Å². The Bertz CT molecular complexity index is 767. The maximum atomic E-state index is 12.4. The highest BCUT2D eigenvalue weighted by molar-refractivity contribution is 6.30. The van der Waals surface area contributed by atoms with Crippen molar-refractivity contribution in [3.8, 4) is 0 Å². The van der Waals surface area contributed by atoms with Crippen LogP contribution < -0.4 is 10.6 Å². The van der Waals surface area contributed by atoms with Crippen LogP contribution in [0.1, 0.15) is 29.1 Å². The molecule has 7 nitrogen and oxygen atoms in total. The Kier molecular flexibility index (Phi) is 6.47. The number of rotatable bonds is 5. The molecule has 1 aromatic carbocycles. The van der Waals surface area contributed by atoms with E-state index in [1.165, 1.54) is 18.3 Å². The summed E-state index contributed by atoms with van der Waals surface area (Å²) in [6, 6.07) is 10.5. The SMILES string of the molecule is CCNC(=O)NC(=O)[C@H](OC(=O)c1cc(Cl)ccn1)c1ccccc1. The molecule has 0 aliphatic rings. The summed E-state index contributed by atoms with van der Waals surface area (Å²) in [5, 5.41) is 4.88. The fourth-order valence-corrected chi connectivity index (χ4v) is 2.13. The lowest BCUT2D eigenvalue weighted by Crippen LogP contribution is -2.42. The van der Waals surface area contributed by atoms with Crippen LogP contribution in [0.3, 0.4) is 0 Å². The van der Waals surface area contributed by atoms with E-state index in [4.69, 9.17) is 16.3 Å². The molecule has 2 aromatic rings. The average Bonchev–Trinajstić information content (AvgIpc) is 2.60. The molecule has 0 saturated carbocycles. The fraction of sp³-hybridized carbons (Fsp3) is 0.176. The number of imide groups is 1. The second kappa shape index (κ2) is 8.79. The van der Waals surface area contributed by atoms with Gasteiger partial charge in [0.1, 0.15) is 5.69 Å². The van der Waals surface area contributed by atoms with Crippen LogP contribution in [0.25, 0.3) is 0 Å². The van der Waals surface area contributed by atoms with E-state index in [-0.39, 0.29) is 5.69 Å². The van der Waals surface area contributed by atoms with Crippen molar-refractivity contribution in [2.75, 3.05) is 6.54 Å². The summed E-state index contributed by atoms with van der Waals surface area (Å²) < 4.78 is 5.27. The number of esters is 1. The lowest BCUT2D eigenvalue weighted by atomic mass is 10.1. The highest BCUT2D eigenvalue weighted by Gasteiger charge is 2.27. The first-order valence-electron chi connectivity index (χ1n) is 7.47. The number of nitrogens with zero attached hydrogens (tertiary/aromatic N) is 1. The number of aromatic nitrogens is 1. The molecule has 1 heterocycles. The summed E-state index contributed by atoms with van der Waals surface area (Å²) in [4.78, 5) is 40.1. The number of hydrogen-bond acceptors (Lipinski definition) is 5. The number of carbonyl (C=O) groups excluding carboxylic acids is 3. The van der Waals surface area contributed by atoms with Crippen LogP contribution in [0.2, 0.25) is 5.02 Å². The van der Waals surface area contributed by atoms with E-state index in [1.807, 2.05) is 0 Å². The molecular formula is C17H16ClN3O4. The van der Waals surface area contributed by atoms with Crippen molar-refractivity contribution in [3.63, 3.8) is 0 Å². The first-order chi connectivity index (χ1) is 12.0. The Balaban J connectivity index is 2.21. The van der Waals surface area contributed by atoms with Gasteiger partial charge >= 0.3 is 12.0 Å². The molecule has 2 rings (SSSR count). The fourth-order valence-electron chi connectivity index (χ4n) is 1.97. The van der Waals surface area contributed by atoms with Crippen molar-refractivity contribution in [2.24, 2.45) is 0 Å². The van der Waals surface area contributed by atoms with Crippen molar-refractivity contribution in [1.82, 2.24) is 15.6 Å². The van der Waals surface area contributed by atoms with Crippen LogP contribution in [0.4, 0.5) is 4.79 Å². The zero-order chi connectivity index (χ0) is 18.2. The molecule has 0 bridgehead atoms. The van der Waals surface area contributed by atoms with E-state index in [0.29, 0.717) is 17.1 Å². The van der Waals surface area contributed by atoms with Crippen LogP contribution in [0.5, 0.6) is 0 Å². The molecule has 1 aromatic heterocycles. The van der Waals surface area contributed by atoms with Gasteiger partial charge in [-0.15, -0.1) is 0 Å². The summed E-state index contributed by atoms with van der Waals surface area (Å²) in [6.07, 6.45) is 0.0441. The molecule has 0 aliphatic carbocycles. The Morgan fingerprint density at radius 1 is 1.20 bits per heavy atom. The minimum Gasteiger partial charge on any atom is -0.443 e. The number of carbonyl (C=O) groups is 3. The number of halogens is 1.